The first-order chi connectivity index (χ1) is 16.0. The highest BCUT2D eigenvalue weighted by Gasteiger charge is 2.25. The van der Waals surface area contributed by atoms with Crippen molar-refractivity contribution >= 4 is 0 Å². The van der Waals surface area contributed by atoms with Crippen molar-refractivity contribution in [2.75, 3.05) is 6.61 Å². The van der Waals surface area contributed by atoms with Gasteiger partial charge in [-0.15, -0.1) is 0 Å². The Morgan fingerprint density at radius 1 is 0.758 bits per heavy atom. The second-order valence-electron chi connectivity index (χ2n) is 8.80. The lowest BCUT2D eigenvalue weighted by Crippen LogP contribution is -2.13. The summed E-state index contributed by atoms with van der Waals surface area (Å²) in [5, 5.41) is 0. The van der Waals surface area contributed by atoms with E-state index in [-0.39, 0.29) is 24.0 Å². The summed E-state index contributed by atoms with van der Waals surface area (Å²) in [5.74, 6) is -1.26. The molecule has 5 heteroatoms. The van der Waals surface area contributed by atoms with Crippen LogP contribution in [-0.4, -0.2) is 6.61 Å². The highest BCUT2D eigenvalue weighted by atomic mass is 19.2. The van der Waals surface area contributed by atoms with Crippen molar-refractivity contribution in [1.82, 2.24) is 0 Å². The summed E-state index contributed by atoms with van der Waals surface area (Å²) in [5.41, 5.74) is 2.82. The van der Waals surface area contributed by atoms with Crippen molar-refractivity contribution in [2.45, 2.75) is 52.1 Å². The van der Waals surface area contributed by atoms with Crippen LogP contribution in [0.25, 0.3) is 11.1 Å². The number of rotatable bonds is 7. The zero-order valence-corrected chi connectivity index (χ0v) is 19.0. The van der Waals surface area contributed by atoms with Crippen molar-refractivity contribution in [3.63, 3.8) is 0 Å². The average molecular weight is 455 g/mol. The first-order valence-electron chi connectivity index (χ1n) is 11.6. The average Bonchev–Trinajstić information content (AvgIpc) is 2.82. The summed E-state index contributed by atoms with van der Waals surface area (Å²) in [6.45, 7) is 4.51. The molecule has 3 aromatic carbocycles. The fourth-order valence-electron chi connectivity index (χ4n) is 4.45. The fourth-order valence-corrected chi connectivity index (χ4v) is 4.45. The summed E-state index contributed by atoms with van der Waals surface area (Å²) in [7, 11) is 0. The highest BCUT2D eigenvalue weighted by Crippen LogP contribution is 2.38. The zero-order chi connectivity index (χ0) is 23.4. The molecule has 1 aliphatic rings. The van der Waals surface area contributed by atoms with Crippen LogP contribution >= 0.6 is 0 Å². The molecule has 1 saturated carbocycles. The van der Waals surface area contributed by atoms with Crippen LogP contribution in [0, 0.1) is 23.4 Å². The second kappa shape index (κ2) is 10.3. The highest BCUT2D eigenvalue weighted by molar-refractivity contribution is 5.64. The van der Waals surface area contributed by atoms with Gasteiger partial charge in [0, 0.05) is 0 Å². The predicted octanol–water partition coefficient (Wildman–Crippen LogP) is 8.04. The molecule has 0 amide bonds. The van der Waals surface area contributed by atoms with E-state index in [0.717, 1.165) is 42.4 Å². The number of ether oxygens (including phenoxy) is 2. The van der Waals surface area contributed by atoms with E-state index in [1.165, 1.54) is 12.1 Å². The van der Waals surface area contributed by atoms with Crippen molar-refractivity contribution < 1.29 is 22.6 Å². The van der Waals surface area contributed by atoms with E-state index in [2.05, 4.69) is 6.92 Å². The predicted molar refractivity (Wildman–Crippen MR) is 124 cm³/mol. The topological polar surface area (TPSA) is 18.5 Å². The van der Waals surface area contributed by atoms with Gasteiger partial charge in [-0.05, 0) is 72.1 Å². The van der Waals surface area contributed by atoms with Crippen molar-refractivity contribution in [1.29, 1.82) is 0 Å². The maximum absolute atomic E-state index is 14.7. The molecule has 0 radical (unpaired) electrons. The molecule has 4 rings (SSSR count). The number of hydrogen-bond donors (Lipinski definition) is 0. The smallest absolute Gasteiger partial charge is 0.200 e. The molecule has 0 aromatic heterocycles. The van der Waals surface area contributed by atoms with Gasteiger partial charge in [0.2, 0.25) is 5.82 Å². The van der Waals surface area contributed by atoms with E-state index in [4.69, 9.17) is 9.47 Å². The molecule has 0 N–H and O–H groups in total. The van der Waals surface area contributed by atoms with E-state index in [0.29, 0.717) is 18.1 Å². The van der Waals surface area contributed by atoms with Crippen molar-refractivity contribution in [2.24, 2.45) is 5.92 Å². The van der Waals surface area contributed by atoms with Crippen LogP contribution in [0.3, 0.4) is 0 Å². The minimum absolute atomic E-state index is 0.0738. The molecule has 0 heterocycles. The molecule has 3 aromatic rings. The molecule has 1 fully saturated rings. The van der Waals surface area contributed by atoms with Gasteiger partial charge in [0.05, 0.1) is 6.61 Å². The third kappa shape index (κ3) is 5.35. The Bertz CT molecular complexity index is 1090. The quantitative estimate of drug-likeness (QED) is 0.360. The third-order valence-corrected chi connectivity index (χ3v) is 6.45. The van der Waals surface area contributed by atoms with Crippen LogP contribution in [0.1, 0.15) is 56.6 Å². The van der Waals surface area contributed by atoms with Crippen LogP contribution in [0.5, 0.6) is 11.5 Å². The van der Waals surface area contributed by atoms with Crippen molar-refractivity contribution in [3.05, 3.63) is 83.2 Å². The van der Waals surface area contributed by atoms with E-state index in [1.54, 1.807) is 25.1 Å². The van der Waals surface area contributed by atoms with Gasteiger partial charge in [-0.2, -0.15) is 4.39 Å². The molecule has 2 nitrogen and oxygen atoms in total. The Kier molecular flexibility index (Phi) is 7.26. The minimum Gasteiger partial charge on any atom is -0.491 e. The van der Waals surface area contributed by atoms with Crippen LogP contribution in [0.2, 0.25) is 0 Å². The van der Waals surface area contributed by atoms with Crippen LogP contribution in [-0.2, 0) is 6.61 Å². The molecule has 0 spiro atoms. The maximum Gasteiger partial charge on any atom is 0.200 e. The molecule has 33 heavy (non-hydrogen) atoms. The summed E-state index contributed by atoms with van der Waals surface area (Å²) in [6, 6.07) is 15.4. The molecule has 0 unspecified atom stereocenters. The zero-order valence-electron chi connectivity index (χ0n) is 19.0. The summed E-state index contributed by atoms with van der Waals surface area (Å²) in [4.78, 5) is 0. The van der Waals surface area contributed by atoms with Gasteiger partial charge in [0.25, 0.3) is 0 Å². The van der Waals surface area contributed by atoms with Gasteiger partial charge in [-0.25, -0.2) is 8.78 Å². The molecule has 1 aliphatic carbocycles. The SMILES string of the molecule is CCOc1ccc(-c2ccc(COc3ccc(C4CCC(C)CC4)c(F)c3F)cc2)cc1F. The van der Waals surface area contributed by atoms with Gasteiger partial charge >= 0.3 is 0 Å². The molecule has 0 aliphatic heterocycles. The van der Waals surface area contributed by atoms with E-state index >= 15 is 0 Å². The van der Waals surface area contributed by atoms with Crippen LogP contribution in [0.15, 0.2) is 54.6 Å². The lowest BCUT2D eigenvalue weighted by molar-refractivity contribution is 0.282. The summed E-state index contributed by atoms with van der Waals surface area (Å²) < 4.78 is 54.3. The molecular weight excluding hydrogens is 425 g/mol. The van der Waals surface area contributed by atoms with Gasteiger partial charge in [0.15, 0.2) is 23.1 Å². The first-order valence-corrected chi connectivity index (χ1v) is 11.6. The van der Waals surface area contributed by atoms with E-state index in [9.17, 15) is 13.2 Å². The summed E-state index contributed by atoms with van der Waals surface area (Å²) in [6.07, 6.45) is 3.87. The number of benzene rings is 3. The Morgan fingerprint density at radius 2 is 1.42 bits per heavy atom. The maximum atomic E-state index is 14.7. The largest absolute Gasteiger partial charge is 0.491 e. The first kappa shape index (κ1) is 23.2. The van der Waals surface area contributed by atoms with Crippen molar-refractivity contribution in [3.8, 4) is 22.6 Å². The van der Waals surface area contributed by atoms with Crippen LogP contribution < -0.4 is 9.47 Å². The second-order valence-corrected chi connectivity index (χ2v) is 8.80. The van der Waals surface area contributed by atoms with Gasteiger partial charge < -0.3 is 9.47 Å². The van der Waals surface area contributed by atoms with E-state index < -0.39 is 17.5 Å². The standard InChI is InChI=1S/C28H29F3O2/c1-3-32-25-14-12-22(16-24(25)29)20-10-6-19(7-11-20)17-33-26-15-13-23(27(30)28(26)31)21-8-4-18(2)5-9-21/h6-7,10-16,18,21H,3-5,8-9,17H2,1-2H3. The Balaban J connectivity index is 1.41. The Hall–Kier alpha value is -2.95. The molecule has 0 bridgehead atoms. The van der Waals surface area contributed by atoms with Crippen LogP contribution in [0.4, 0.5) is 13.2 Å². The third-order valence-electron chi connectivity index (χ3n) is 6.45. The lowest BCUT2D eigenvalue weighted by Gasteiger charge is -2.27. The minimum atomic E-state index is -0.924. The Labute approximate surface area is 193 Å². The monoisotopic (exact) mass is 454 g/mol. The molecule has 0 atom stereocenters. The Morgan fingerprint density at radius 3 is 2.09 bits per heavy atom. The molecular formula is C28H29F3O2. The summed E-state index contributed by atoms with van der Waals surface area (Å²) >= 11 is 0. The van der Waals surface area contributed by atoms with E-state index in [1.807, 2.05) is 24.3 Å². The molecule has 174 valence electrons. The molecule has 0 saturated heterocycles. The van der Waals surface area contributed by atoms with Gasteiger partial charge in [-0.1, -0.05) is 56.2 Å². The van der Waals surface area contributed by atoms with Gasteiger partial charge in [-0.3, -0.25) is 0 Å². The normalized spacial score (nSPS) is 18.2. The fraction of sp³-hybridized carbons (Fsp3) is 0.357. The number of hydrogen-bond acceptors (Lipinski definition) is 2. The van der Waals surface area contributed by atoms with Gasteiger partial charge in [0.1, 0.15) is 6.61 Å². The number of halogens is 3. The lowest BCUT2D eigenvalue weighted by atomic mass is 9.79.